The number of hydrogen-bond donors (Lipinski definition) is 1. The van der Waals surface area contributed by atoms with E-state index in [0.29, 0.717) is 12.8 Å². The van der Waals surface area contributed by atoms with E-state index in [2.05, 4.69) is 27.3 Å². The first-order chi connectivity index (χ1) is 14.9. The molecule has 0 aromatic heterocycles. The third kappa shape index (κ3) is 4.54. The summed E-state index contributed by atoms with van der Waals surface area (Å²) >= 11 is 2.97. The highest BCUT2D eigenvalue weighted by atomic mass is 79.9. The van der Waals surface area contributed by atoms with Crippen LogP contribution in [0.5, 0.6) is 0 Å². The van der Waals surface area contributed by atoms with Crippen LogP contribution in [0.25, 0.3) is 0 Å². The van der Waals surface area contributed by atoms with Gasteiger partial charge in [0.1, 0.15) is 5.54 Å². The standard InChI is InChI=1S/C21H22BrF3N2O4S/c22-12-4-5-18(16(8-12)21(23,24)25)32(29,30)14-9-15(17(10-14)31-13-2-1-3-13)19(28)27-20(11-26)6-7-20/h4-5,8,13-15,17H,1-3,6-7,9-10H2,(H,27,28). The highest BCUT2D eigenvalue weighted by Gasteiger charge is 2.51. The van der Waals surface area contributed by atoms with E-state index in [-0.39, 0.29) is 23.4 Å². The molecule has 3 unspecified atom stereocenters. The Bertz CT molecular complexity index is 1060. The fourth-order valence-electron chi connectivity index (χ4n) is 4.26. The lowest BCUT2D eigenvalue weighted by Crippen LogP contribution is -2.43. The Morgan fingerprint density at radius 2 is 1.94 bits per heavy atom. The molecule has 3 fully saturated rings. The molecule has 1 amide bonds. The summed E-state index contributed by atoms with van der Waals surface area (Å²) < 4.78 is 73.4. The average molecular weight is 535 g/mol. The minimum absolute atomic E-state index is 0.0656. The predicted octanol–water partition coefficient (Wildman–Crippen LogP) is 4.13. The van der Waals surface area contributed by atoms with E-state index in [1.165, 1.54) is 6.07 Å². The minimum Gasteiger partial charge on any atom is -0.374 e. The molecule has 3 atom stereocenters. The van der Waals surface area contributed by atoms with Gasteiger partial charge in [0.05, 0.1) is 39.9 Å². The number of benzene rings is 1. The number of alkyl halides is 3. The quantitative estimate of drug-likeness (QED) is 0.591. The number of sulfone groups is 1. The maximum absolute atomic E-state index is 13.6. The number of nitriles is 1. The lowest BCUT2D eigenvalue weighted by molar-refractivity contribution is -0.140. The van der Waals surface area contributed by atoms with Crippen LogP contribution < -0.4 is 5.32 Å². The van der Waals surface area contributed by atoms with Crippen LogP contribution in [-0.2, 0) is 25.5 Å². The highest BCUT2D eigenvalue weighted by molar-refractivity contribution is 9.10. The molecular weight excluding hydrogens is 513 g/mol. The number of ether oxygens (including phenoxy) is 1. The van der Waals surface area contributed by atoms with Crippen LogP contribution in [0.3, 0.4) is 0 Å². The lowest BCUT2D eigenvalue weighted by Gasteiger charge is -2.31. The van der Waals surface area contributed by atoms with Gasteiger partial charge in [-0.15, -0.1) is 0 Å². The van der Waals surface area contributed by atoms with Crippen molar-refractivity contribution in [2.24, 2.45) is 5.92 Å². The summed E-state index contributed by atoms with van der Waals surface area (Å²) in [5, 5.41) is 10.8. The van der Waals surface area contributed by atoms with E-state index in [9.17, 15) is 31.6 Å². The van der Waals surface area contributed by atoms with Gasteiger partial charge in [-0.2, -0.15) is 18.4 Å². The molecule has 3 saturated carbocycles. The Morgan fingerprint density at radius 1 is 1.25 bits per heavy atom. The van der Waals surface area contributed by atoms with Crippen molar-refractivity contribution in [3.05, 3.63) is 28.2 Å². The monoisotopic (exact) mass is 534 g/mol. The van der Waals surface area contributed by atoms with Crippen molar-refractivity contribution in [1.29, 1.82) is 5.26 Å². The molecule has 4 rings (SSSR count). The Morgan fingerprint density at radius 3 is 2.47 bits per heavy atom. The molecule has 0 aliphatic heterocycles. The fourth-order valence-corrected chi connectivity index (χ4v) is 6.62. The third-order valence-electron chi connectivity index (χ3n) is 6.54. The molecule has 0 bridgehead atoms. The molecule has 1 N–H and O–H groups in total. The van der Waals surface area contributed by atoms with Crippen LogP contribution in [0.4, 0.5) is 13.2 Å². The van der Waals surface area contributed by atoms with Crippen molar-refractivity contribution >= 4 is 31.7 Å². The Labute approximate surface area is 192 Å². The van der Waals surface area contributed by atoms with E-state index in [1.807, 2.05) is 0 Å². The van der Waals surface area contributed by atoms with Gasteiger partial charge in [0.15, 0.2) is 9.84 Å². The smallest absolute Gasteiger partial charge is 0.374 e. The first-order valence-electron chi connectivity index (χ1n) is 10.4. The number of hydrogen-bond acceptors (Lipinski definition) is 5. The SMILES string of the molecule is N#CC1(NC(=O)C2CC(S(=O)(=O)c3ccc(Br)cc3C(F)(F)F)CC2OC2CCC2)CC1. The molecule has 3 aliphatic carbocycles. The number of carbonyl (C=O) groups is 1. The molecule has 174 valence electrons. The van der Waals surface area contributed by atoms with Gasteiger partial charge in [0.2, 0.25) is 5.91 Å². The molecule has 0 heterocycles. The molecule has 1 aromatic carbocycles. The first-order valence-corrected chi connectivity index (χ1v) is 12.8. The van der Waals surface area contributed by atoms with Crippen molar-refractivity contribution < 1.29 is 31.1 Å². The predicted molar refractivity (Wildman–Crippen MR) is 111 cm³/mol. The summed E-state index contributed by atoms with van der Waals surface area (Å²) in [6.45, 7) is 0. The van der Waals surface area contributed by atoms with E-state index >= 15 is 0 Å². The van der Waals surface area contributed by atoms with Gasteiger partial charge < -0.3 is 10.1 Å². The first kappa shape index (κ1) is 23.5. The summed E-state index contributed by atoms with van der Waals surface area (Å²) in [4.78, 5) is 12.1. The van der Waals surface area contributed by atoms with Crippen LogP contribution in [0.1, 0.15) is 50.5 Å². The molecule has 0 saturated heterocycles. The zero-order valence-corrected chi connectivity index (χ0v) is 19.4. The van der Waals surface area contributed by atoms with E-state index in [1.54, 1.807) is 0 Å². The molecule has 6 nitrogen and oxygen atoms in total. The van der Waals surface area contributed by atoms with Crippen molar-refractivity contribution in [3.63, 3.8) is 0 Å². The minimum atomic E-state index is -4.85. The normalized spacial score (nSPS) is 27.4. The summed E-state index contributed by atoms with van der Waals surface area (Å²) in [5.74, 6) is -1.32. The Hall–Kier alpha value is -1.64. The Kier molecular flexibility index (Phi) is 6.09. The Balaban J connectivity index is 1.62. The second-order valence-corrected chi connectivity index (χ2v) is 11.9. The van der Waals surface area contributed by atoms with Gasteiger partial charge in [-0.25, -0.2) is 8.42 Å². The summed E-state index contributed by atoms with van der Waals surface area (Å²) in [5.41, 5.74) is -2.16. The van der Waals surface area contributed by atoms with Crippen molar-refractivity contribution in [2.75, 3.05) is 0 Å². The lowest BCUT2D eigenvalue weighted by atomic mass is 9.95. The third-order valence-corrected chi connectivity index (χ3v) is 9.26. The van der Waals surface area contributed by atoms with Crippen LogP contribution in [0.15, 0.2) is 27.6 Å². The maximum Gasteiger partial charge on any atom is 0.417 e. The van der Waals surface area contributed by atoms with E-state index in [4.69, 9.17) is 4.74 Å². The second kappa shape index (κ2) is 8.29. The van der Waals surface area contributed by atoms with Gasteiger partial charge in [-0.1, -0.05) is 15.9 Å². The van der Waals surface area contributed by atoms with Gasteiger partial charge in [-0.3, -0.25) is 4.79 Å². The molecule has 3 aliphatic rings. The number of halogens is 4. The van der Waals surface area contributed by atoms with E-state index < -0.39 is 55.2 Å². The van der Waals surface area contributed by atoms with Gasteiger partial charge in [0, 0.05) is 4.47 Å². The molecule has 0 radical (unpaired) electrons. The molecule has 32 heavy (non-hydrogen) atoms. The molecule has 1 aromatic rings. The van der Waals surface area contributed by atoms with E-state index in [0.717, 1.165) is 31.4 Å². The largest absolute Gasteiger partial charge is 0.417 e. The number of nitrogens with one attached hydrogen (secondary N) is 1. The van der Waals surface area contributed by atoms with Gasteiger partial charge >= 0.3 is 6.18 Å². The second-order valence-electron chi connectivity index (χ2n) is 8.79. The van der Waals surface area contributed by atoms with Crippen LogP contribution >= 0.6 is 15.9 Å². The fraction of sp³-hybridized carbons (Fsp3) is 0.619. The van der Waals surface area contributed by atoms with Gasteiger partial charge in [-0.05, 0) is 63.1 Å². The average Bonchev–Trinajstić information content (AvgIpc) is 3.31. The summed E-state index contributed by atoms with van der Waals surface area (Å²) in [6.07, 6.45) is -2.26. The van der Waals surface area contributed by atoms with Gasteiger partial charge in [0.25, 0.3) is 0 Å². The topological polar surface area (TPSA) is 96.3 Å². The number of amides is 1. The maximum atomic E-state index is 13.6. The van der Waals surface area contributed by atoms with Crippen LogP contribution in [0, 0.1) is 17.2 Å². The van der Waals surface area contributed by atoms with Crippen molar-refractivity contribution in [2.45, 2.75) is 79.0 Å². The molecule has 11 heteroatoms. The molecular formula is C21H22BrF3N2O4S. The highest BCUT2D eigenvalue weighted by Crippen LogP contribution is 2.43. The summed E-state index contributed by atoms with van der Waals surface area (Å²) in [6, 6.07) is 5.02. The zero-order chi connectivity index (χ0) is 23.3. The van der Waals surface area contributed by atoms with Crippen LogP contribution in [-0.4, -0.2) is 37.3 Å². The molecule has 0 spiro atoms. The number of rotatable bonds is 6. The summed E-state index contributed by atoms with van der Waals surface area (Å²) in [7, 11) is -4.39. The zero-order valence-electron chi connectivity index (χ0n) is 17.0. The number of carbonyl (C=O) groups excluding carboxylic acids is 1. The number of nitrogens with zero attached hydrogens (tertiary/aromatic N) is 1. The van der Waals surface area contributed by atoms with Crippen molar-refractivity contribution in [1.82, 2.24) is 5.32 Å². The van der Waals surface area contributed by atoms with Crippen LogP contribution in [0.2, 0.25) is 0 Å². The van der Waals surface area contributed by atoms with Crippen molar-refractivity contribution in [3.8, 4) is 6.07 Å².